The van der Waals surface area contributed by atoms with Crippen molar-refractivity contribution in [2.75, 3.05) is 12.4 Å². The summed E-state index contributed by atoms with van der Waals surface area (Å²) >= 11 is 6.27. The molecule has 0 fully saturated rings. The fourth-order valence-electron chi connectivity index (χ4n) is 2.75. The van der Waals surface area contributed by atoms with Crippen LogP contribution in [0.3, 0.4) is 0 Å². The van der Waals surface area contributed by atoms with E-state index in [-0.39, 0.29) is 0 Å². The van der Waals surface area contributed by atoms with Gasteiger partial charge >= 0.3 is 0 Å². The maximum Gasteiger partial charge on any atom is 0.216 e. The van der Waals surface area contributed by atoms with Crippen LogP contribution in [0.1, 0.15) is 18.2 Å². The summed E-state index contributed by atoms with van der Waals surface area (Å²) in [5.74, 6) is 1.50. The number of fused-ring (bicyclic) bond motifs is 1. The molecule has 0 aliphatic rings. The number of rotatable bonds is 5. The smallest absolute Gasteiger partial charge is 0.216 e. The van der Waals surface area contributed by atoms with Crippen LogP contribution in [-0.4, -0.2) is 21.9 Å². The van der Waals surface area contributed by atoms with Crippen molar-refractivity contribution in [1.29, 1.82) is 0 Å². The lowest BCUT2D eigenvalue weighted by atomic mass is 10.1. The molecule has 0 amide bonds. The molecular formula is C17H19ClN4O. The predicted molar refractivity (Wildman–Crippen MR) is 93.2 cm³/mol. The zero-order valence-electron chi connectivity index (χ0n) is 13.4. The van der Waals surface area contributed by atoms with Crippen molar-refractivity contribution < 1.29 is 4.74 Å². The second-order valence-electron chi connectivity index (χ2n) is 5.28. The van der Waals surface area contributed by atoms with Crippen molar-refractivity contribution in [3.8, 4) is 5.88 Å². The Hall–Kier alpha value is -2.27. The fourth-order valence-corrected chi connectivity index (χ4v) is 3.01. The second kappa shape index (κ2) is 6.46. The van der Waals surface area contributed by atoms with E-state index in [1.807, 2.05) is 37.4 Å². The zero-order valence-corrected chi connectivity index (χ0v) is 14.2. The van der Waals surface area contributed by atoms with E-state index in [2.05, 4.69) is 22.3 Å². The van der Waals surface area contributed by atoms with Crippen molar-refractivity contribution in [3.05, 3.63) is 46.7 Å². The molecule has 2 aromatic heterocycles. The van der Waals surface area contributed by atoms with Crippen LogP contribution in [0.15, 0.2) is 30.3 Å². The third-order valence-corrected chi connectivity index (χ3v) is 4.13. The molecule has 23 heavy (non-hydrogen) atoms. The number of ether oxygens (including phenoxy) is 1. The maximum atomic E-state index is 6.27. The molecule has 5 nitrogen and oxygen atoms in total. The summed E-state index contributed by atoms with van der Waals surface area (Å²) in [5, 5.41) is 10.3. The average Bonchev–Trinajstić information content (AvgIpc) is 2.87. The minimum Gasteiger partial charge on any atom is -0.481 e. The number of aryl methyl sites for hydroxylation is 2. The number of halogens is 1. The van der Waals surface area contributed by atoms with Gasteiger partial charge in [0.15, 0.2) is 0 Å². The topological polar surface area (TPSA) is 52.0 Å². The summed E-state index contributed by atoms with van der Waals surface area (Å²) in [6.07, 6.45) is 0.847. The summed E-state index contributed by atoms with van der Waals surface area (Å²) in [4.78, 5) is 4.42. The second-order valence-corrected chi connectivity index (χ2v) is 5.64. The lowest BCUT2D eigenvalue weighted by Crippen LogP contribution is -2.05. The van der Waals surface area contributed by atoms with Gasteiger partial charge in [0, 0.05) is 19.0 Å². The number of pyridine rings is 1. The Balaban J connectivity index is 1.89. The predicted octanol–water partition coefficient (Wildman–Crippen LogP) is 3.80. The number of nitrogens with one attached hydrogen (secondary N) is 1. The Morgan fingerprint density at radius 2 is 2.09 bits per heavy atom. The highest BCUT2D eigenvalue weighted by Crippen LogP contribution is 2.26. The van der Waals surface area contributed by atoms with Crippen LogP contribution >= 0.6 is 11.6 Å². The lowest BCUT2D eigenvalue weighted by molar-refractivity contribution is 0.369. The molecular weight excluding hydrogens is 312 g/mol. The first-order chi connectivity index (χ1) is 11.1. The SMILES string of the molecule is CCc1nn(C)c(OC)c1CNc1cc2ccccc2c(Cl)n1. The minimum absolute atomic E-state index is 0.500. The Bertz CT molecular complexity index is 844. The first-order valence-corrected chi connectivity index (χ1v) is 7.89. The Morgan fingerprint density at radius 1 is 1.30 bits per heavy atom. The van der Waals surface area contributed by atoms with E-state index in [0.717, 1.165) is 40.1 Å². The van der Waals surface area contributed by atoms with E-state index < -0.39 is 0 Å². The van der Waals surface area contributed by atoms with Crippen LogP contribution in [0.5, 0.6) is 5.88 Å². The van der Waals surface area contributed by atoms with Gasteiger partial charge in [0.25, 0.3) is 0 Å². The molecule has 3 aromatic rings. The number of hydrogen-bond acceptors (Lipinski definition) is 4. The summed E-state index contributed by atoms with van der Waals surface area (Å²) in [6.45, 7) is 2.66. The van der Waals surface area contributed by atoms with Gasteiger partial charge < -0.3 is 10.1 Å². The van der Waals surface area contributed by atoms with Crippen molar-refractivity contribution >= 4 is 28.2 Å². The molecule has 6 heteroatoms. The van der Waals surface area contributed by atoms with Crippen LogP contribution in [-0.2, 0) is 20.0 Å². The van der Waals surface area contributed by atoms with Crippen molar-refractivity contribution in [2.45, 2.75) is 19.9 Å². The number of hydrogen-bond donors (Lipinski definition) is 1. The quantitative estimate of drug-likeness (QED) is 0.723. The molecule has 0 spiro atoms. The van der Waals surface area contributed by atoms with Crippen LogP contribution in [0.2, 0.25) is 5.15 Å². The standard InChI is InChI=1S/C17H19ClN4O/c1-4-14-13(17(23-3)22(2)21-14)10-19-15-9-11-7-5-6-8-12(11)16(18)20-15/h5-9H,4,10H2,1-3H3,(H,19,20). The van der Waals surface area contributed by atoms with Crippen LogP contribution in [0.4, 0.5) is 5.82 Å². The molecule has 3 rings (SSSR count). The summed E-state index contributed by atoms with van der Waals surface area (Å²) in [7, 11) is 3.54. The van der Waals surface area contributed by atoms with Gasteiger partial charge in [-0.1, -0.05) is 42.8 Å². The maximum absolute atomic E-state index is 6.27. The molecule has 0 saturated carbocycles. The van der Waals surface area contributed by atoms with E-state index in [4.69, 9.17) is 16.3 Å². The zero-order chi connectivity index (χ0) is 16.4. The van der Waals surface area contributed by atoms with Crippen LogP contribution in [0.25, 0.3) is 10.8 Å². The number of aromatic nitrogens is 3. The van der Waals surface area contributed by atoms with Crippen molar-refractivity contribution in [3.63, 3.8) is 0 Å². The number of anilines is 1. The van der Waals surface area contributed by atoms with Gasteiger partial charge in [0.05, 0.1) is 18.4 Å². The van der Waals surface area contributed by atoms with Crippen molar-refractivity contribution in [1.82, 2.24) is 14.8 Å². The summed E-state index contributed by atoms with van der Waals surface area (Å²) in [6, 6.07) is 9.93. The highest BCUT2D eigenvalue weighted by Gasteiger charge is 2.15. The van der Waals surface area contributed by atoms with Crippen LogP contribution in [0, 0.1) is 0 Å². The van der Waals surface area contributed by atoms with Gasteiger partial charge in [-0.25, -0.2) is 9.67 Å². The largest absolute Gasteiger partial charge is 0.481 e. The highest BCUT2D eigenvalue weighted by atomic mass is 35.5. The number of methoxy groups -OCH3 is 1. The molecule has 1 aromatic carbocycles. The molecule has 0 unspecified atom stereocenters. The summed E-state index contributed by atoms with van der Waals surface area (Å²) in [5.41, 5.74) is 2.06. The van der Waals surface area contributed by atoms with Crippen LogP contribution < -0.4 is 10.1 Å². The van der Waals surface area contributed by atoms with Gasteiger partial charge in [-0.05, 0) is 17.9 Å². The van der Waals surface area contributed by atoms with Gasteiger partial charge in [0.1, 0.15) is 11.0 Å². The van der Waals surface area contributed by atoms with Crippen molar-refractivity contribution in [2.24, 2.45) is 7.05 Å². The average molecular weight is 331 g/mol. The molecule has 0 atom stereocenters. The van der Waals surface area contributed by atoms with E-state index in [1.165, 1.54) is 0 Å². The Morgan fingerprint density at radius 3 is 2.83 bits per heavy atom. The monoisotopic (exact) mass is 330 g/mol. The van der Waals surface area contributed by atoms with E-state index in [1.54, 1.807) is 11.8 Å². The molecule has 0 saturated heterocycles. The Labute approximate surface area is 140 Å². The first kappa shape index (κ1) is 15.6. The first-order valence-electron chi connectivity index (χ1n) is 7.52. The third-order valence-electron chi connectivity index (χ3n) is 3.84. The molecule has 0 bridgehead atoms. The van der Waals surface area contributed by atoms with Gasteiger partial charge in [-0.3, -0.25) is 0 Å². The molecule has 0 radical (unpaired) electrons. The molecule has 120 valence electrons. The van der Waals surface area contributed by atoms with Gasteiger partial charge in [-0.15, -0.1) is 0 Å². The van der Waals surface area contributed by atoms with E-state index in [9.17, 15) is 0 Å². The Kier molecular flexibility index (Phi) is 4.39. The minimum atomic E-state index is 0.500. The lowest BCUT2D eigenvalue weighted by Gasteiger charge is -2.09. The normalized spacial score (nSPS) is 11.0. The molecule has 0 aliphatic heterocycles. The molecule has 0 aliphatic carbocycles. The molecule has 2 heterocycles. The summed E-state index contributed by atoms with van der Waals surface area (Å²) < 4.78 is 7.22. The highest BCUT2D eigenvalue weighted by molar-refractivity contribution is 6.34. The third kappa shape index (κ3) is 2.97. The number of nitrogens with zero attached hydrogens (tertiary/aromatic N) is 3. The number of benzene rings is 1. The van der Waals surface area contributed by atoms with E-state index >= 15 is 0 Å². The van der Waals surface area contributed by atoms with Gasteiger partial charge in [-0.2, -0.15) is 5.10 Å². The van der Waals surface area contributed by atoms with E-state index in [0.29, 0.717) is 11.7 Å². The van der Waals surface area contributed by atoms with Gasteiger partial charge in [0.2, 0.25) is 5.88 Å². The fraction of sp³-hybridized carbons (Fsp3) is 0.294. The molecule has 1 N–H and O–H groups in total.